The molecule has 5 heteroatoms. The van der Waals surface area contributed by atoms with Gasteiger partial charge in [-0.15, -0.1) is 0 Å². The molecule has 2 aromatic heterocycles. The number of hydrogen-bond donors (Lipinski definition) is 2. The first-order chi connectivity index (χ1) is 12.2. The zero-order chi connectivity index (χ0) is 17.4. The van der Waals surface area contributed by atoms with Gasteiger partial charge in [-0.3, -0.25) is 9.78 Å². The maximum atomic E-state index is 12.0. The molecule has 0 bridgehead atoms. The Morgan fingerprint density at radius 2 is 2.12 bits per heavy atom. The van der Waals surface area contributed by atoms with Gasteiger partial charge in [0.1, 0.15) is 5.82 Å². The van der Waals surface area contributed by atoms with Gasteiger partial charge < -0.3 is 11.1 Å². The van der Waals surface area contributed by atoms with Gasteiger partial charge in [0.25, 0.3) is 0 Å². The molecule has 1 aliphatic carbocycles. The first-order valence-electron chi connectivity index (χ1n) is 8.59. The molecule has 5 nitrogen and oxygen atoms in total. The number of carbonyl (C=O) groups excluding carboxylic acids is 1. The number of rotatable bonds is 4. The lowest BCUT2D eigenvalue weighted by Crippen LogP contribution is -2.14. The number of carbonyl (C=O) groups is 1. The van der Waals surface area contributed by atoms with E-state index in [9.17, 15) is 4.79 Å². The van der Waals surface area contributed by atoms with E-state index in [0.29, 0.717) is 11.5 Å². The number of anilines is 2. The summed E-state index contributed by atoms with van der Waals surface area (Å²) in [5, 5.41) is 4.74. The van der Waals surface area contributed by atoms with E-state index in [0.717, 1.165) is 41.2 Å². The van der Waals surface area contributed by atoms with E-state index in [-0.39, 0.29) is 11.8 Å². The maximum Gasteiger partial charge on any atom is 0.228 e. The van der Waals surface area contributed by atoms with Crippen molar-refractivity contribution in [3.63, 3.8) is 0 Å². The Bertz CT molecular complexity index is 963. The van der Waals surface area contributed by atoms with E-state index in [1.807, 2.05) is 30.6 Å². The highest BCUT2D eigenvalue weighted by Gasteiger charge is 2.29. The molecule has 0 aliphatic heterocycles. The fraction of sp³-hybridized carbons (Fsp3) is 0.250. The molecule has 3 N–H and O–H groups in total. The van der Waals surface area contributed by atoms with E-state index >= 15 is 0 Å². The fourth-order valence-electron chi connectivity index (χ4n) is 3.08. The van der Waals surface area contributed by atoms with E-state index in [2.05, 4.69) is 28.3 Å². The van der Waals surface area contributed by atoms with Crippen LogP contribution in [0.15, 0.2) is 42.9 Å². The van der Waals surface area contributed by atoms with Gasteiger partial charge in [-0.1, -0.05) is 6.92 Å². The highest BCUT2D eigenvalue weighted by atomic mass is 16.2. The Balaban J connectivity index is 1.77. The molecule has 4 rings (SSSR count). The number of nitrogens with one attached hydrogen (secondary N) is 1. The summed E-state index contributed by atoms with van der Waals surface area (Å²) in [6.45, 7) is 2.12. The van der Waals surface area contributed by atoms with E-state index < -0.39 is 0 Å². The first kappa shape index (κ1) is 15.6. The zero-order valence-corrected chi connectivity index (χ0v) is 14.1. The van der Waals surface area contributed by atoms with Crippen LogP contribution < -0.4 is 11.1 Å². The number of aryl methyl sites for hydroxylation is 1. The highest BCUT2D eigenvalue weighted by molar-refractivity contribution is 6.00. The summed E-state index contributed by atoms with van der Waals surface area (Å²) in [4.78, 5) is 20.5. The van der Waals surface area contributed by atoms with Crippen LogP contribution in [-0.4, -0.2) is 15.9 Å². The second-order valence-electron chi connectivity index (χ2n) is 6.51. The Labute approximate surface area is 146 Å². The molecule has 0 unspecified atom stereocenters. The second kappa shape index (κ2) is 6.16. The van der Waals surface area contributed by atoms with Crippen molar-refractivity contribution < 1.29 is 4.79 Å². The Kier molecular flexibility index (Phi) is 3.84. The third kappa shape index (κ3) is 3.05. The van der Waals surface area contributed by atoms with Crippen molar-refractivity contribution in [1.29, 1.82) is 0 Å². The molecule has 0 atom stereocenters. The number of amides is 1. The molecule has 1 amide bonds. The maximum absolute atomic E-state index is 12.0. The van der Waals surface area contributed by atoms with Gasteiger partial charge in [-0.2, -0.15) is 0 Å². The molecule has 0 saturated heterocycles. The minimum Gasteiger partial charge on any atom is -0.398 e. The molecular weight excluding hydrogens is 312 g/mol. The van der Waals surface area contributed by atoms with Crippen LogP contribution in [0.3, 0.4) is 0 Å². The summed E-state index contributed by atoms with van der Waals surface area (Å²) in [5.41, 5.74) is 10.3. The van der Waals surface area contributed by atoms with Crippen molar-refractivity contribution in [1.82, 2.24) is 9.97 Å². The SMILES string of the molecule is CCc1ccncc1-c1cc(N)c2cnc(NC(=O)C3CC3)cc2c1. The van der Waals surface area contributed by atoms with Gasteiger partial charge in [0, 0.05) is 41.1 Å². The number of hydrogen-bond acceptors (Lipinski definition) is 4. The van der Waals surface area contributed by atoms with Crippen molar-refractivity contribution in [3.8, 4) is 11.1 Å². The standard InChI is InChI=1S/C20H20N4O/c1-2-12-5-6-22-10-16(12)14-7-15-9-19(24-20(25)13-3-4-13)23-11-17(15)18(21)8-14/h5-11,13H,2-4,21H2,1H3,(H,23,24,25). The molecule has 0 radical (unpaired) electrons. The summed E-state index contributed by atoms with van der Waals surface area (Å²) in [6, 6.07) is 7.96. The number of aromatic nitrogens is 2. The molecule has 1 fully saturated rings. The van der Waals surface area contributed by atoms with Crippen LogP contribution in [0.25, 0.3) is 21.9 Å². The fourth-order valence-corrected chi connectivity index (χ4v) is 3.08. The number of nitrogens with two attached hydrogens (primary N) is 1. The summed E-state index contributed by atoms with van der Waals surface area (Å²) in [5.74, 6) is 0.774. The Hall–Kier alpha value is -2.95. The van der Waals surface area contributed by atoms with Gasteiger partial charge in [0.05, 0.1) is 0 Å². The van der Waals surface area contributed by atoms with Crippen LogP contribution in [0.1, 0.15) is 25.3 Å². The van der Waals surface area contributed by atoms with E-state index in [4.69, 9.17) is 5.73 Å². The van der Waals surface area contributed by atoms with Gasteiger partial charge in [-0.05, 0) is 60.0 Å². The Morgan fingerprint density at radius 3 is 2.88 bits per heavy atom. The topological polar surface area (TPSA) is 80.9 Å². The number of nitrogen functional groups attached to an aromatic ring is 1. The van der Waals surface area contributed by atoms with Crippen molar-refractivity contribution in [2.75, 3.05) is 11.1 Å². The highest BCUT2D eigenvalue weighted by Crippen LogP contribution is 2.33. The minimum atomic E-state index is 0.0523. The molecule has 1 aromatic carbocycles. The van der Waals surface area contributed by atoms with Crippen molar-refractivity contribution in [2.45, 2.75) is 26.2 Å². The number of fused-ring (bicyclic) bond motifs is 1. The predicted octanol–water partition coefficient (Wildman–Crippen LogP) is 3.79. The van der Waals surface area contributed by atoms with Gasteiger partial charge >= 0.3 is 0 Å². The molecule has 126 valence electrons. The summed E-state index contributed by atoms with van der Waals surface area (Å²) in [6.07, 6.45) is 8.27. The lowest BCUT2D eigenvalue weighted by molar-refractivity contribution is -0.117. The van der Waals surface area contributed by atoms with Crippen LogP contribution in [0, 0.1) is 5.92 Å². The van der Waals surface area contributed by atoms with Crippen LogP contribution >= 0.6 is 0 Å². The largest absolute Gasteiger partial charge is 0.398 e. The van der Waals surface area contributed by atoms with Gasteiger partial charge in [0.2, 0.25) is 5.91 Å². The van der Waals surface area contributed by atoms with Gasteiger partial charge in [0.15, 0.2) is 0 Å². The average Bonchev–Trinajstić information content (AvgIpc) is 3.46. The smallest absolute Gasteiger partial charge is 0.228 e. The quantitative estimate of drug-likeness (QED) is 0.712. The molecule has 1 saturated carbocycles. The second-order valence-corrected chi connectivity index (χ2v) is 6.51. The molecule has 1 aliphatic rings. The van der Waals surface area contributed by atoms with Crippen LogP contribution in [0.4, 0.5) is 11.5 Å². The van der Waals surface area contributed by atoms with Crippen LogP contribution in [-0.2, 0) is 11.2 Å². The van der Waals surface area contributed by atoms with Crippen LogP contribution in [0.5, 0.6) is 0 Å². The summed E-state index contributed by atoms with van der Waals surface area (Å²) >= 11 is 0. The lowest BCUT2D eigenvalue weighted by Gasteiger charge is -2.11. The molecule has 3 aromatic rings. The van der Waals surface area contributed by atoms with Crippen molar-refractivity contribution in [2.24, 2.45) is 5.92 Å². The third-order valence-electron chi connectivity index (χ3n) is 4.67. The lowest BCUT2D eigenvalue weighted by atomic mass is 9.97. The summed E-state index contributed by atoms with van der Waals surface area (Å²) < 4.78 is 0. The normalized spacial score (nSPS) is 13.8. The molecule has 2 heterocycles. The van der Waals surface area contributed by atoms with Crippen molar-refractivity contribution in [3.05, 3.63) is 48.4 Å². The number of pyridine rings is 2. The third-order valence-corrected chi connectivity index (χ3v) is 4.67. The van der Waals surface area contributed by atoms with Gasteiger partial charge in [-0.25, -0.2) is 4.98 Å². The van der Waals surface area contributed by atoms with E-state index in [1.165, 1.54) is 5.56 Å². The average molecular weight is 332 g/mol. The number of nitrogens with zero attached hydrogens (tertiary/aromatic N) is 2. The zero-order valence-electron chi connectivity index (χ0n) is 14.1. The van der Waals surface area contributed by atoms with Crippen LogP contribution in [0.2, 0.25) is 0 Å². The van der Waals surface area contributed by atoms with Crippen molar-refractivity contribution >= 4 is 28.2 Å². The van der Waals surface area contributed by atoms with E-state index in [1.54, 1.807) is 6.20 Å². The first-order valence-corrected chi connectivity index (χ1v) is 8.59. The molecule has 0 spiro atoms. The predicted molar refractivity (Wildman–Crippen MR) is 100 cm³/mol. The molecule has 25 heavy (non-hydrogen) atoms. The Morgan fingerprint density at radius 1 is 1.28 bits per heavy atom. The molecular formula is C20H20N4O. The monoisotopic (exact) mass is 332 g/mol. The minimum absolute atomic E-state index is 0.0523. The summed E-state index contributed by atoms with van der Waals surface area (Å²) in [7, 11) is 0. The number of benzene rings is 1.